The monoisotopic (exact) mass is 420 g/mol. The zero-order valence-corrected chi connectivity index (χ0v) is 17.2. The van der Waals surface area contributed by atoms with Gasteiger partial charge in [-0.1, -0.05) is 54.6 Å². The molecule has 3 rings (SSSR count). The molecular weight excluding hydrogens is 396 g/mol. The number of carbonyl (C=O) groups is 1. The van der Waals surface area contributed by atoms with Crippen LogP contribution in [0.3, 0.4) is 0 Å². The van der Waals surface area contributed by atoms with Crippen molar-refractivity contribution in [3.05, 3.63) is 93.5 Å². The summed E-state index contributed by atoms with van der Waals surface area (Å²) in [6.45, 7) is 2.86. The third-order valence-electron chi connectivity index (χ3n) is 4.98. The average Bonchev–Trinajstić information content (AvgIpc) is 2.77. The quantitative estimate of drug-likeness (QED) is 0.280. The van der Waals surface area contributed by atoms with E-state index in [2.05, 4.69) is 5.32 Å². The molecule has 0 aliphatic rings. The van der Waals surface area contributed by atoms with Crippen LogP contribution < -0.4 is 10.1 Å². The zero-order chi connectivity index (χ0) is 22.2. The Labute approximate surface area is 180 Å². The molecule has 0 aliphatic carbocycles. The lowest BCUT2D eigenvalue weighted by molar-refractivity contribution is -0.386. The molecule has 0 aliphatic heterocycles. The Morgan fingerprint density at radius 2 is 1.87 bits per heavy atom. The Hall–Kier alpha value is -3.71. The van der Waals surface area contributed by atoms with E-state index in [1.54, 1.807) is 12.1 Å². The standard InChI is InChI=1S/C24H24N2O5/c1-17-20(8-5-9-21(17)19-6-3-2-4-7-19)16-31-23-11-10-18(14-22(23)26(29)30)15-25-13-12-24(27)28/h2-11,14,25H,12-13,15-16H2,1H3,(H,27,28). The molecule has 160 valence electrons. The zero-order valence-electron chi connectivity index (χ0n) is 17.2. The molecule has 0 aromatic heterocycles. The molecule has 2 N–H and O–H groups in total. The van der Waals surface area contributed by atoms with Gasteiger partial charge in [-0.2, -0.15) is 0 Å². The van der Waals surface area contributed by atoms with Gasteiger partial charge in [0.25, 0.3) is 0 Å². The lowest BCUT2D eigenvalue weighted by Crippen LogP contribution is -2.17. The summed E-state index contributed by atoms with van der Waals surface area (Å²) in [4.78, 5) is 21.6. The molecule has 0 unspecified atom stereocenters. The molecule has 0 amide bonds. The van der Waals surface area contributed by atoms with E-state index >= 15 is 0 Å². The van der Waals surface area contributed by atoms with Crippen molar-refractivity contribution in [2.75, 3.05) is 6.54 Å². The molecule has 31 heavy (non-hydrogen) atoms. The third-order valence-corrected chi connectivity index (χ3v) is 4.98. The molecule has 7 nitrogen and oxygen atoms in total. The van der Waals surface area contributed by atoms with E-state index in [4.69, 9.17) is 9.84 Å². The van der Waals surface area contributed by atoms with Crippen molar-refractivity contribution in [1.82, 2.24) is 5.32 Å². The van der Waals surface area contributed by atoms with Crippen molar-refractivity contribution in [1.29, 1.82) is 0 Å². The molecular formula is C24H24N2O5. The summed E-state index contributed by atoms with van der Waals surface area (Å²) in [7, 11) is 0. The van der Waals surface area contributed by atoms with Gasteiger partial charge in [-0.25, -0.2) is 0 Å². The highest BCUT2D eigenvalue weighted by atomic mass is 16.6. The molecule has 0 atom stereocenters. The molecule has 0 spiro atoms. The van der Waals surface area contributed by atoms with Crippen LogP contribution in [0.25, 0.3) is 11.1 Å². The maximum atomic E-state index is 11.5. The first-order chi connectivity index (χ1) is 15.0. The Bertz CT molecular complexity index is 1070. The fourth-order valence-corrected chi connectivity index (χ4v) is 3.29. The number of nitro benzene ring substituents is 1. The second-order valence-electron chi connectivity index (χ2n) is 7.12. The van der Waals surface area contributed by atoms with E-state index in [1.807, 2.05) is 55.5 Å². The fraction of sp³-hybridized carbons (Fsp3) is 0.208. The normalized spacial score (nSPS) is 10.6. The van der Waals surface area contributed by atoms with Crippen molar-refractivity contribution in [2.24, 2.45) is 0 Å². The number of nitro groups is 1. The highest BCUT2D eigenvalue weighted by molar-refractivity contribution is 5.68. The number of hydrogen-bond acceptors (Lipinski definition) is 5. The third kappa shape index (κ3) is 5.90. The van der Waals surface area contributed by atoms with Crippen molar-refractivity contribution in [2.45, 2.75) is 26.5 Å². The first kappa shape index (κ1) is 22.0. The number of ether oxygens (including phenoxy) is 1. The van der Waals surface area contributed by atoms with Crippen molar-refractivity contribution >= 4 is 11.7 Å². The smallest absolute Gasteiger partial charge is 0.311 e. The van der Waals surface area contributed by atoms with E-state index in [-0.39, 0.29) is 24.5 Å². The number of nitrogens with zero attached hydrogens (tertiary/aromatic N) is 1. The Balaban J connectivity index is 1.73. The molecule has 7 heteroatoms. The molecule has 0 radical (unpaired) electrons. The van der Waals surface area contributed by atoms with Crippen molar-refractivity contribution in [3.8, 4) is 16.9 Å². The molecule has 3 aromatic rings. The number of carboxylic acid groups (broad SMARTS) is 1. The lowest BCUT2D eigenvalue weighted by atomic mass is 9.97. The van der Waals surface area contributed by atoms with Gasteiger partial charge in [0, 0.05) is 19.2 Å². The summed E-state index contributed by atoms with van der Waals surface area (Å²) in [5, 5.41) is 23.2. The van der Waals surface area contributed by atoms with E-state index in [9.17, 15) is 14.9 Å². The number of nitrogens with one attached hydrogen (secondary N) is 1. The van der Waals surface area contributed by atoms with Crippen LogP contribution in [0.1, 0.15) is 23.1 Å². The van der Waals surface area contributed by atoms with Crippen LogP contribution in [0, 0.1) is 17.0 Å². The van der Waals surface area contributed by atoms with E-state index in [0.29, 0.717) is 18.7 Å². The van der Waals surface area contributed by atoms with Crippen molar-refractivity contribution in [3.63, 3.8) is 0 Å². The molecule has 3 aromatic carbocycles. The maximum absolute atomic E-state index is 11.5. The van der Waals surface area contributed by atoms with Gasteiger partial charge in [0.05, 0.1) is 11.3 Å². The van der Waals surface area contributed by atoms with Crippen LogP contribution in [0.4, 0.5) is 5.69 Å². The minimum atomic E-state index is -0.895. The second kappa shape index (κ2) is 10.4. The van der Waals surface area contributed by atoms with Gasteiger partial charge >= 0.3 is 11.7 Å². The summed E-state index contributed by atoms with van der Waals surface area (Å²) in [6, 6.07) is 20.8. The predicted molar refractivity (Wildman–Crippen MR) is 118 cm³/mol. The minimum absolute atomic E-state index is 0.00924. The summed E-state index contributed by atoms with van der Waals surface area (Å²) in [6.07, 6.45) is -0.00924. The first-order valence-electron chi connectivity index (χ1n) is 9.92. The summed E-state index contributed by atoms with van der Waals surface area (Å²) in [5.74, 6) is -0.697. The summed E-state index contributed by atoms with van der Waals surface area (Å²) >= 11 is 0. The highest BCUT2D eigenvalue weighted by Gasteiger charge is 2.17. The lowest BCUT2D eigenvalue weighted by Gasteiger charge is -2.13. The molecule has 0 fully saturated rings. The van der Waals surface area contributed by atoms with Gasteiger partial charge in [-0.05, 0) is 40.8 Å². The highest BCUT2D eigenvalue weighted by Crippen LogP contribution is 2.30. The Morgan fingerprint density at radius 1 is 1.10 bits per heavy atom. The largest absolute Gasteiger partial charge is 0.482 e. The van der Waals surface area contributed by atoms with E-state index in [1.165, 1.54) is 6.07 Å². The minimum Gasteiger partial charge on any atom is -0.482 e. The first-order valence-corrected chi connectivity index (χ1v) is 9.92. The van der Waals surface area contributed by atoms with Gasteiger partial charge in [0.2, 0.25) is 0 Å². The number of aliphatic carboxylic acids is 1. The van der Waals surface area contributed by atoms with Gasteiger partial charge in [0.15, 0.2) is 5.75 Å². The fourth-order valence-electron chi connectivity index (χ4n) is 3.29. The van der Waals surface area contributed by atoms with Crippen LogP contribution in [-0.2, 0) is 17.9 Å². The van der Waals surface area contributed by atoms with E-state index < -0.39 is 10.9 Å². The van der Waals surface area contributed by atoms with E-state index in [0.717, 1.165) is 22.3 Å². The van der Waals surface area contributed by atoms with Gasteiger partial charge in [-0.15, -0.1) is 0 Å². The van der Waals surface area contributed by atoms with Crippen LogP contribution in [0.5, 0.6) is 5.75 Å². The molecule has 0 saturated heterocycles. The van der Waals surface area contributed by atoms with Gasteiger partial charge in [0.1, 0.15) is 6.61 Å². The van der Waals surface area contributed by atoms with Gasteiger partial charge in [-0.3, -0.25) is 14.9 Å². The number of rotatable bonds is 10. The summed E-state index contributed by atoms with van der Waals surface area (Å²) < 4.78 is 5.83. The SMILES string of the molecule is Cc1c(COc2ccc(CNCCC(=O)O)cc2[N+](=O)[O-])cccc1-c1ccccc1. The molecule has 0 bridgehead atoms. The van der Waals surface area contributed by atoms with Crippen LogP contribution >= 0.6 is 0 Å². The molecule has 0 saturated carbocycles. The second-order valence-corrected chi connectivity index (χ2v) is 7.12. The number of benzene rings is 3. The number of carboxylic acids is 1. The number of hydrogen-bond donors (Lipinski definition) is 2. The average molecular weight is 420 g/mol. The maximum Gasteiger partial charge on any atom is 0.311 e. The molecule has 0 heterocycles. The van der Waals surface area contributed by atoms with Crippen LogP contribution in [-0.4, -0.2) is 22.5 Å². The van der Waals surface area contributed by atoms with Crippen molar-refractivity contribution < 1.29 is 19.6 Å². The Morgan fingerprint density at radius 3 is 2.58 bits per heavy atom. The van der Waals surface area contributed by atoms with Gasteiger partial charge < -0.3 is 15.2 Å². The van der Waals surface area contributed by atoms with Crippen LogP contribution in [0.2, 0.25) is 0 Å². The summed E-state index contributed by atoms with van der Waals surface area (Å²) in [5.41, 5.74) is 4.79. The predicted octanol–water partition coefficient (Wildman–Crippen LogP) is 4.71. The topological polar surface area (TPSA) is 102 Å². The van der Waals surface area contributed by atoms with Crippen LogP contribution in [0.15, 0.2) is 66.7 Å². The Kier molecular flexibility index (Phi) is 7.35.